The Morgan fingerprint density at radius 2 is 2.29 bits per heavy atom. The Hall–Kier alpha value is -0.160. The van der Waals surface area contributed by atoms with E-state index in [1.807, 2.05) is 0 Å². The van der Waals surface area contributed by atoms with Crippen molar-refractivity contribution in [2.45, 2.75) is 43.9 Å². The van der Waals surface area contributed by atoms with Gasteiger partial charge >= 0.3 is 0 Å². The number of nitrogens with one attached hydrogen (secondary N) is 1. The van der Waals surface area contributed by atoms with Crippen LogP contribution in [0.3, 0.4) is 0 Å². The number of ether oxygens (including phenoxy) is 1. The van der Waals surface area contributed by atoms with Gasteiger partial charge in [-0.25, -0.2) is 0 Å². The van der Waals surface area contributed by atoms with Crippen LogP contribution in [0, 0.1) is 0 Å². The molecule has 3 atom stereocenters. The summed E-state index contributed by atoms with van der Waals surface area (Å²) in [6.45, 7) is 1.13. The van der Waals surface area contributed by atoms with Gasteiger partial charge in [-0.1, -0.05) is 0 Å². The van der Waals surface area contributed by atoms with Crippen LogP contribution < -0.4 is 5.32 Å². The van der Waals surface area contributed by atoms with E-state index >= 15 is 0 Å². The third-order valence-corrected chi connectivity index (χ3v) is 2.72. The van der Waals surface area contributed by atoms with Gasteiger partial charge in [-0.15, -0.1) is 0 Å². The number of aliphatic hydroxyl groups is 2. The third kappa shape index (κ3) is 3.92. The van der Waals surface area contributed by atoms with Crippen LogP contribution in [0.2, 0.25) is 0 Å². The van der Waals surface area contributed by atoms with E-state index in [0.29, 0.717) is 13.0 Å². The Labute approximate surface area is 85.3 Å². The lowest BCUT2D eigenvalue weighted by molar-refractivity contribution is 0.0575. The zero-order valence-corrected chi connectivity index (χ0v) is 8.78. The molecule has 4 nitrogen and oxygen atoms in total. The van der Waals surface area contributed by atoms with Gasteiger partial charge in [0.2, 0.25) is 0 Å². The van der Waals surface area contributed by atoms with E-state index in [4.69, 9.17) is 4.74 Å². The largest absolute Gasteiger partial charge is 0.392 e. The van der Waals surface area contributed by atoms with Crippen molar-refractivity contribution in [1.29, 1.82) is 0 Å². The number of rotatable bonds is 6. The molecule has 1 unspecified atom stereocenters. The van der Waals surface area contributed by atoms with Crippen LogP contribution in [0.1, 0.15) is 25.7 Å². The number of hydrogen-bond acceptors (Lipinski definition) is 4. The van der Waals surface area contributed by atoms with Gasteiger partial charge in [-0.3, -0.25) is 0 Å². The zero-order valence-electron chi connectivity index (χ0n) is 8.78. The highest BCUT2D eigenvalue weighted by atomic mass is 16.5. The molecule has 1 saturated carbocycles. The molecule has 3 N–H and O–H groups in total. The van der Waals surface area contributed by atoms with Gasteiger partial charge in [0.15, 0.2) is 0 Å². The molecule has 1 rings (SSSR count). The van der Waals surface area contributed by atoms with Crippen LogP contribution in [0.5, 0.6) is 0 Å². The van der Waals surface area contributed by atoms with Crippen molar-refractivity contribution in [3.05, 3.63) is 0 Å². The minimum absolute atomic E-state index is 0.199. The molecule has 0 saturated heterocycles. The van der Waals surface area contributed by atoms with E-state index < -0.39 is 6.10 Å². The van der Waals surface area contributed by atoms with Gasteiger partial charge in [-0.05, 0) is 32.2 Å². The lowest BCUT2D eigenvalue weighted by Crippen LogP contribution is -2.37. The molecule has 0 amide bonds. The van der Waals surface area contributed by atoms with E-state index in [0.717, 1.165) is 25.8 Å². The smallest absolute Gasteiger partial charge is 0.0785 e. The fourth-order valence-electron chi connectivity index (χ4n) is 1.89. The van der Waals surface area contributed by atoms with Crippen molar-refractivity contribution in [2.24, 2.45) is 0 Å². The normalized spacial score (nSPS) is 29.4. The van der Waals surface area contributed by atoms with Gasteiger partial charge in [-0.2, -0.15) is 0 Å². The molecule has 0 aromatic rings. The maximum atomic E-state index is 9.51. The summed E-state index contributed by atoms with van der Waals surface area (Å²) in [6, 6.07) is 0.227. The number of aliphatic hydroxyl groups excluding tert-OH is 2. The van der Waals surface area contributed by atoms with Gasteiger partial charge < -0.3 is 20.3 Å². The second-order valence-electron chi connectivity index (χ2n) is 3.96. The standard InChI is InChI=1S/C10H21NO3/c1-14-7-8(12)5-6-11-9-3-2-4-10(9)13/h8-13H,2-7H2,1H3/t8?,9-,10-/m1/s1. The number of hydrogen-bond donors (Lipinski definition) is 3. The average molecular weight is 203 g/mol. The first kappa shape index (κ1) is 11.9. The first-order chi connectivity index (χ1) is 6.74. The molecule has 0 spiro atoms. The summed E-state index contributed by atoms with van der Waals surface area (Å²) in [5.74, 6) is 0. The van der Waals surface area contributed by atoms with Crippen LogP contribution >= 0.6 is 0 Å². The highest BCUT2D eigenvalue weighted by Crippen LogP contribution is 2.18. The molecule has 0 radical (unpaired) electrons. The minimum Gasteiger partial charge on any atom is -0.392 e. The first-order valence-corrected chi connectivity index (χ1v) is 5.32. The summed E-state index contributed by atoms with van der Waals surface area (Å²) >= 11 is 0. The molecule has 1 fully saturated rings. The molecule has 1 aliphatic rings. The molecule has 0 heterocycles. The monoisotopic (exact) mass is 203 g/mol. The molecule has 0 aliphatic heterocycles. The van der Waals surface area contributed by atoms with Crippen LogP contribution in [-0.4, -0.2) is 48.7 Å². The third-order valence-electron chi connectivity index (χ3n) is 2.72. The van der Waals surface area contributed by atoms with Crippen LogP contribution in [0.4, 0.5) is 0 Å². The fraction of sp³-hybridized carbons (Fsp3) is 1.00. The molecule has 1 aliphatic carbocycles. The SMILES string of the molecule is COCC(O)CCN[C@@H]1CCC[C@H]1O. The van der Waals surface area contributed by atoms with E-state index in [1.165, 1.54) is 0 Å². The highest BCUT2D eigenvalue weighted by molar-refractivity contribution is 4.82. The summed E-state index contributed by atoms with van der Waals surface area (Å²) < 4.78 is 4.82. The predicted octanol–water partition coefficient (Wildman–Crippen LogP) is -0.113. The number of methoxy groups -OCH3 is 1. The molecule has 14 heavy (non-hydrogen) atoms. The van der Waals surface area contributed by atoms with Crippen LogP contribution in [-0.2, 0) is 4.74 Å². The second kappa shape index (κ2) is 6.35. The summed E-state index contributed by atoms with van der Waals surface area (Å²) in [6.07, 6.45) is 3.12. The summed E-state index contributed by atoms with van der Waals surface area (Å²) in [7, 11) is 1.58. The fourth-order valence-corrected chi connectivity index (χ4v) is 1.89. The van der Waals surface area contributed by atoms with Crippen molar-refractivity contribution in [1.82, 2.24) is 5.32 Å². The lowest BCUT2D eigenvalue weighted by Gasteiger charge is -2.17. The summed E-state index contributed by atoms with van der Waals surface area (Å²) in [4.78, 5) is 0. The maximum absolute atomic E-state index is 9.51. The quantitative estimate of drug-likeness (QED) is 0.563. The molecular formula is C10H21NO3. The van der Waals surface area contributed by atoms with Crippen LogP contribution in [0.25, 0.3) is 0 Å². The summed E-state index contributed by atoms with van der Waals surface area (Å²) in [5, 5.41) is 22.1. The second-order valence-corrected chi connectivity index (χ2v) is 3.96. The Kier molecular flexibility index (Phi) is 5.40. The van der Waals surface area contributed by atoms with Crippen molar-refractivity contribution < 1.29 is 14.9 Å². The van der Waals surface area contributed by atoms with Crippen LogP contribution in [0.15, 0.2) is 0 Å². The van der Waals surface area contributed by atoms with Gasteiger partial charge in [0.05, 0.1) is 18.8 Å². The van der Waals surface area contributed by atoms with Crippen molar-refractivity contribution in [3.8, 4) is 0 Å². The van der Waals surface area contributed by atoms with E-state index in [-0.39, 0.29) is 12.1 Å². The molecule has 0 aromatic heterocycles. The Morgan fingerprint density at radius 1 is 1.50 bits per heavy atom. The molecule has 4 heteroatoms. The summed E-state index contributed by atoms with van der Waals surface area (Å²) in [5.41, 5.74) is 0. The van der Waals surface area contributed by atoms with Crippen molar-refractivity contribution in [2.75, 3.05) is 20.3 Å². The molecular weight excluding hydrogens is 182 g/mol. The molecule has 0 bridgehead atoms. The maximum Gasteiger partial charge on any atom is 0.0785 e. The highest BCUT2D eigenvalue weighted by Gasteiger charge is 2.24. The molecule has 84 valence electrons. The van der Waals surface area contributed by atoms with E-state index in [9.17, 15) is 10.2 Å². The Morgan fingerprint density at radius 3 is 2.86 bits per heavy atom. The van der Waals surface area contributed by atoms with E-state index in [2.05, 4.69) is 5.32 Å². The van der Waals surface area contributed by atoms with E-state index in [1.54, 1.807) is 7.11 Å². The topological polar surface area (TPSA) is 61.7 Å². The van der Waals surface area contributed by atoms with Gasteiger partial charge in [0, 0.05) is 13.2 Å². The Bertz CT molecular complexity index is 154. The van der Waals surface area contributed by atoms with Crippen molar-refractivity contribution in [3.63, 3.8) is 0 Å². The minimum atomic E-state index is -0.397. The lowest BCUT2D eigenvalue weighted by atomic mass is 10.2. The average Bonchev–Trinajstić information content (AvgIpc) is 2.52. The van der Waals surface area contributed by atoms with Crippen molar-refractivity contribution >= 4 is 0 Å². The Balaban J connectivity index is 2.03. The first-order valence-electron chi connectivity index (χ1n) is 5.32. The zero-order chi connectivity index (χ0) is 10.4. The van der Waals surface area contributed by atoms with Gasteiger partial charge in [0.1, 0.15) is 0 Å². The van der Waals surface area contributed by atoms with Gasteiger partial charge in [0.25, 0.3) is 0 Å². The molecule has 0 aromatic carbocycles. The predicted molar refractivity (Wildman–Crippen MR) is 54.1 cm³/mol.